The maximum atomic E-state index is 12.2. The molecule has 3 nitrogen and oxygen atoms in total. The third-order valence-electron chi connectivity index (χ3n) is 3.34. The van der Waals surface area contributed by atoms with Crippen LogP contribution in [0.3, 0.4) is 0 Å². The number of aryl methyl sites for hydroxylation is 2. The maximum absolute atomic E-state index is 12.2. The fourth-order valence-corrected chi connectivity index (χ4v) is 4.64. The third kappa shape index (κ3) is 2.45. The van der Waals surface area contributed by atoms with Crippen LogP contribution in [0.4, 0.5) is 0 Å². The molecule has 0 amide bonds. The molecule has 0 bridgehead atoms. The fourth-order valence-electron chi connectivity index (χ4n) is 2.78. The van der Waals surface area contributed by atoms with Gasteiger partial charge in [0.05, 0.1) is 10.6 Å². The van der Waals surface area contributed by atoms with Gasteiger partial charge in [-0.2, -0.15) is 0 Å². The van der Waals surface area contributed by atoms with E-state index in [-0.39, 0.29) is 11.8 Å². The minimum Gasteiger partial charge on any atom is -0.308 e. The molecule has 1 N–H and O–H groups in total. The molecule has 0 saturated carbocycles. The molecule has 0 spiro atoms. The van der Waals surface area contributed by atoms with Crippen LogP contribution in [0.5, 0.6) is 0 Å². The Balaban J connectivity index is 2.59. The van der Waals surface area contributed by atoms with E-state index in [0.717, 1.165) is 16.7 Å². The number of hydrogen-bond donors (Lipinski definition) is 1. The van der Waals surface area contributed by atoms with Crippen LogP contribution < -0.4 is 5.32 Å². The molecular weight excluding hydrogens is 246 g/mol. The smallest absolute Gasteiger partial charge is 0.179 e. The van der Waals surface area contributed by atoms with Gasteiger partial charge in [0.1, 0.15) is 0 Å². The molecule has 0 aliphatic carbocycles. The normalized spacial score (nSPS) is 21.9. The molecule has 0 radical (unpaired) electrons. The lowest BCUT2D eigenvalue weighted by Crippen LogP contribution is -2.34. The third-order valence-corrected chi connectivity index (χ3v) is 5.30. The van der Waals surface area contributed by atoms with Crippen molar-refractivity contribution in [2.75, 3.05) is 5.75 Å². The Morgan fingerprint density at radius 1 is 1.28 bits per heavy atom. The lowest BCUT2D eigenvalue weighted by atomic mass is 9.98. The van der Waals surface area contributed by atoms with Crippen molar-refractivity contribution in [1.82, 2.24) is 5.32 Å². The minimum atomic E-state index is -3.10. The molecule has 0 saturated heterocycles. The van der Waals surface area contributed by atoms with Gasteiger partial charge in [-0.3, -0.25) is 0 Å². The standard InChI is InChI=1S/C14H21NO2S/c1-9(2)15-13-5-6-18(16,17)14-11(4)7-10(3)8-12(13)14/h7-9,13,15H,5-6H2,1-4H3. The Kier molecular flexibility index (Phi) is 3.52. The summed E-state index contributed by atoms with van der Waals surface area (Å²) in [5.41, 5.74) is 2.95. The zero-order chi connectivity index (χ0) is 13.5. The Bertz CT molecular complexity index is 561. The van der Waals surface area contributed by atoms with E-state index >= 15 is 0 Å². The number of rotatable bonds is 2. The van der Waals surface area contributed by atoms with Crippen LogP contribution in [0.25, 0.3) is 0 Å². The topological polar surface area (TPSA) is 46.2 Å². The Morgan fingerprint density at radius 2 is 1.94 bits per heavy atom. The minimum absolute atomic E-state index is 0.155. The van der Waals surface area contributed by atoms with Gasteiger partial charge >= 0.3 is 0 Å². The lowest BCUT2D eigenvalue weighted by molar-refractivity contribution is 0.449. The van der Waals surface area contributed by atoms with Gasteiger partial charge in [0, 0.05) is 12.1 Å². The molecule has 0 aromatic heterocycles. The van der Waals surface area contributed by atoms with Crippen LogP contribution in [0.2, 0.25) is 0 Å². The second-order valence-electron chi connectivity index (χ2n) is 5.48. The van der Waals surface area contributed by atoms with E-state index in [1.54, 1.807) is 0 Å². The number of benzene rings is 1. The fraction of sp³-hybridized carbons (Fsp3) is 0.571. The average molecular weight is 267 g/mol. The molecule has 1 unspecified atom stereocenters. The average Bonchev–Trinajstić information content (AvgIpc) is 2.20. The maximum Gasteiger partial charge on any atom is 0.179 e. The van der Waals surface area contributed by atoms with E-state index in [9.17, 15) is 8.42 Å². The quantitative estimate of drug-likeness (QED) is 0.895. The monoisotopic (exact) mass is 267 g/mol. The van der Waals surface area contributed by atoms with E-state index in [2.05, 4.69) is 19.2 Å². The van der Waals surface area contributed by atoms with Crippen molar-refractivity contribution in [3.63, 3.8) is 0 Å². The summed E-state index contributed by atoms with van der Waals surface area (Å²) in [4.78, 5) is 0.553. The van der Waals surface area contributed by atoms with Gasteiger partial charge in [-0.1, -0.05) is 31.5 Å². The second-order valence-corrected chi connectivity index (χ2v) is 7.53. The Labute approximate surface area is 110 Å². The van der Waals surface area contributed by atoms with Gasteiger partial charge in [-0.25, -0.2) is 8.42 Å². The van der Waals surface area contributed by atoms with E-state index in [1.165, 1.54) is 0 Å². The van der Waals surface area contributed by atoms with Gasteiger partial charge in [-0.05, 0) is 31.4 Å². The summed E-state index contributed by atoms with van der Waals surface area (Å²) in [7, 11) is -3.10. The highest BCUT2D eigenvalue weighted by atomic mass is 32.2. The second kappa shape index (κ2) is 4.67. The molecule has 0 fully saturated rings. The molecule has 1 aliphatic rings. The molecule has 100 valence electrons. The van der Waals surface area contributed by atoms with Crippen molar-refractivity contribution in [3.05, 3.63) is 28.8 Å². The molecule has 4 heteroatoms. The van der Waals surface area contributed by atoms with Crippen LogP contribution >= 0.6 is 0 Å². The van der Waals surface area contributed by atoms with Crippen molar-refractivity contribution in [2.24, 2.45) is 0 Å². The predicted octanol–water partition coefficient (Wildman–Crippen LogP) is 2.52. The summed E-state index contributed by atoms with van der Waals surface area (Å²) in [6.07, 6.45) is 0.663. The molecule has 1 aromatic carbocycles. The van der Waals surface area contributed by atoms with Crippen LogP contribution in [-0.4, -0.2) is 20.2 Å². The van der Waals surface area contributed by atoms with Gasteiger partial charge in [0.25, 0.3) is 0 Å². The van der Waals surface area contributed by atoms with Crippen LogP contribution in [0, 0.1) is 13.8 Å². The summed E-state index contributed by atoms with van der Waals surface area (Å²) in [6, 6.07) is 4.47. The zero-order valence-electron chi connectivity index (χ0n) is 11.4. The van der Waals surface area contributed by atoms with Gasteiger partial charge < -0.3 is 5.32 Å². The van der Waals surface area contributed by atoms with Gasteiger partial charge in [0.2, 0.25) is 0 Å². The SMILES string of the molecule is Cc1cc(C)c2c(c1)C(NC(C)C)CCS2(=O)=O. The summed E-state index contributed by atoms with van der Waals surface area (Å²) >= 11 is 0. The van der Waals surface area contributed by atoms with Crippen molar-refractivity contribution in [2.45, 2.75) is 51.1 Å². The first-order valence-electron chi connectivity index (χ1n) is 6.41. The molecule has 2 rings (SSSR count). The van der Waals surface area contributed by atoms with E-state index in [1.807, 2.05) is 26.0 Å². The summed E-state index contributed by atoms with van der Waals surface area (Å²) < 4.78 is 24.4. The largest absolute Gasteiger partial charge is 0.308 e. The van der Waals surface area contributed by atoms with Gasteiger partial charge in [-0.15, -0.1) is 0 Å². The molecular formula is C14H21NO2S. The number of hydrogen-bond acceptors (Lipinski definition) is 3. The Hall–Kier alpha value is -0.870. The highest BCUT2D eigenvalue weighted by Gasteiger charge is 2.31. The summed E-state index contributed by atoms with van der Waals surface area (Å²) in [5.74, 6) is 0.244. The first kappa shape index (κ1) is 13.6. The molecule has 18 heavy (non-hydrogen) atoms. The number of sulfone groups is 1. The summed E-state index contributed by atoms with van der Waals surface area (Å²) in [5, 5.41) is 3.47. The van der Waals surface area contributed by atoms with E-state index in [0.29, 0.717) is 17.4 Å². The number of nitrogens with one attached hydrogen (secondary N) is 1. The molecule has 1 aromatic rings. The van der Waals surface area contributed by atoms with Gasteiger partial charge in [0.15, 0.2) is 9.84 Å². The Morgan fingerprint density at radius 3 is 2.56 bits per heavy atom. The lowest BCUT2D eigenvalue weighted by Gasteiger charge is -2.29. The molecule has 1 aliphatic heterocycles. The van der Waals surface area contributed by atoms with Crippen molar-refractivity contribution >= 4 is 9.84 Å². The van der Waals surface area contributed by atoms with Crippen LogP contribution in [0.15, 0.2) is 17.0 Å². The van der Waals surface area contributed by atoms with E-state index in [4.69, 9.17) is 0 Å². The number of fused-ring (bicyclic) bond motifs is 1. The van der Waals surface area contributed by atoms with Crippen LogP contribution in [0.1, 0.15) is 43.0 Å². The summed E-state index contributed by atoms with van der Waals surface area (Å²) in [6.45, 7) is 8.08. The van der Waals surface area contributed by atoms with Crippen molar-refractivity contribution < 1.29 is 8.42 Å². The highest BCUT2D eigenvalue weighted by Crippen LogP contribution is 2.35. The van der Waals surface area contributed by atoms with Crippen molar-refractivity contribution in [3.8, 4) is 0 Å². The first-order valence-corrected chi connectivity index (χ1v) is 8.06. The zero-order valence-corrected chi connectivity index (χ0v) is 12.3. The van der Waals surface area contributed by atoms with Crippen molar-refractivity contribution in [1.29, 1.82) is 0 Å². The van der Waals surface area contributed by atoms with E-state index < -0.39 is 9.84 Å². The molecule has 1 atom stereocenters. The first-order chi connectivity index (χ1) is 8.31. The highest BCUT2D eigenvalue weighted by molar-refractivity contribution is 7.91. The van der Waals surface area contributed by atoms with Crippen LogP contribution in [-0.2, 0) is 9.84 Å². The predicted molar refractivity (Wildman–Crippen MR) is 73.6 cm³/mol. The molecule has 1 heterocycles.